The Bertz CT molecular complexity index is 144. The minimum atomic E-state index is 0.404. The highest BCUT2D eigenvalue weighted by Gasteiger charge is 2.13. The fourth-order valence-corrected chi connectivity index (χ4v) is 1.48. The van der Waals surface area contributed by atoms with Gasteiger partial charge < -0.3 is 15.0 Å². The lowest BCUT2D eigenvalue weighted by Gasteiger charge is -2.25. The zero-order chi connectivity index (χ0) is 9.52. The molecule has 13 heavy (non-hydrogen) atoms. The third kappa shape index (κ3) is 4.41. The molecule has 1 heterocycles. The predicted molar refractivity (Wildman–Crippen MR) is 54.9 cm³/mol. The molecule has 1 aliphatic rings. The van der Waals surface area contributed by atoms with Crippen LogP contribution in [0.4, 0.5) is 0 Å². The van der Waals surface area contributed by atoms with Crippen molar-refractivity contribution in [2.45, 2.75) is 12.5 Å². The van der Waals surface area contributed by atoms with Gasteiger partial charge in [-0.2, -0.15) is 0 Å². The average molecular weight is 184 g/mol. The SMILES string of the molecule is C=CCN(C)CCC1CNCCO1. The van der Waals surface area contributed by atoms with E-state index in [4.69, 9.17) is 4.74 Å². The molecule has 0 spiro atoms. The Balaban J connectivity index is 2.06. The Hall–Kier alpha value is -0.380. The molecule has 3 heteroatoms. The molecule has 3 nitrogen and oxygen atoms in total. The molecular formula is C10H20N2O. The molecule has 0 radical (unpaired) electrons. The summed E-state index contributed by atoms with van der Waals surface area (Å²) in [4.78, 5) is 2.25. The second kappa shape index (κ2) is 6.13. The van der Waals surface area contributed by atoms with E-state index < -0.39 is 0 Å². The average Bonchev–Trinajstić information content (AvgIpc) is 2.17. The number of hydrogen-bond donors (Lipinski definition) is 1. The Labute approximate surface area is 80.8 Å². The smallest absolute Gasteiger partial charge is 0.0712 e. The maximum atomic E-state index is 5.59. The van der Waals surface area contributed by atoms with Crippen LogP contribution in [-0.2, 0) is 4.74 Å². The first-order valence-electron chi connectivity index (χ1n) is 4.94. The van der Waals surface area contributed by atoms with Crippen LogP contribution >= 0.6 is 0 Å². The topological polar surface area (TPSA) is 24.5 Å². The van der Waals surface area contributed by atoms with E-state index in [-0.39, 0.29) is 0 Å². The lowest BCUT2D eigenvalue weighted by molar-refractivity contribution is 0.0193. The van der Waals surface area contributed by atoms with E-state index >= 15 is 0 Å². The minimum absolute atomic E-state index is 0.404. The van der Waals surface area contributed by atoms with Crippen molar-refractivity contribution in [3.8, 4) is 0 Å². The summed E-state index contributed by atoms with van der Waals surface area (Å²) in [6.07, 6.45) is 3.44. The molecule has 1 fully saturated rings. The fraction of sp³-hybridized carbons (Fsp3) is 0.800. The van der Waals surface area contributed by atoms with Crippen molar-refractivity contribution >= 4 is 0 Å². The van der Waals surface area contributed by atoms with Crippen molar-refractivity contribution in [1.29, 1.82) is 0 Å². The van der Waals surface area contributed by atoms with Crippen molar-refractivity contribution in [3.63, 3.8) is 0 Å². The summed E-state index contributed by atoms with van der Waals surface area (Å²) >= 11 is 0. The second-order valence-corrected chi connectivity index (χ2v) is 3.54. The standard InChI is InChI=1S/C10H20N2O/c1-3-6-12(2)7-4-10-9-11-5-8-13-10/h3,10-11H,1,4-9H2,2H3. The number of rotatable bonds is 5. The van der Waals surface area contributed by atoms with Crippen molar-refractivity contribution in [2.75, 3.05) is 39.8 Å². The van der Waals surface area contributed by atoms with Crippen LogP contribution in [0.3, 0.4) is 0 Å². The van der Waals surface area contributed by atoms with Crippen molar-refractivity contribution in [1.82, 2.24) is 10.2 Å². The van der Waals surface area contributed by atoms with Crippen LogP contribution in [0.25, 0.3) is 0 Å². The maximum absolute atomic E-state index is 5.59. The van der Waals surface area contributed by atoms with E-state index in [0.717, 1.165) is 39.2 Å². The van der Waals surface area contributed by atoms with Crippen molar-refractivity contribution in [3.05, 3.63) is 12.7 Å². The number of nitrogens with zero attached hydrogens (tertiary/aromatic N) is 1. The van der Waals surface area contributed by atoms with Crippen LogP contribution in [0.1, 0.15) is 6.42 Å². The fourth-order valence-electron chi connectivity index (χ4n) is 1.48. The number of morpholine rings is 1. The Morgan fingerprint density at radius 2 is 2.54 bits per heavy atom. The molecular weight excluding hydrogens is 164 g/mol. The summed E-state index contributed by atoms with van der Waals surface area (Å²) in [5.74, 6) is 0. The molecule has 0 saturated carbocycles. The van der Waals surface area contributed by atoms with Gasteiger partial charge in [0.15, 0.2) is 0 Å². The van der Waals surface area contributed by atoms with E-state index in [2.05, 4.69) is 23.8 Å². The van der Waals surface area contributed by atoms with Crippen LogP contribution in [0.15, 0.2) is 12.7 Å². The summed E-state index contributed by atoms with van der Waals surface area (Å²) < 4.78 is 5.59. The van der Waals surface area contributed by atoms with Crippen LogP contribution < -0.4 is 5.32 Å². The highest BCUT2D eigenvalue weighted by Crippen LogP contribution is 2.02. The molecule has 0 aromatic rings. The van der Waals surface area contributed by atoms with E-state index in [1.807, 2.05) is 6.08 Å². The zero-order valence-corrected chi connectivity index (χ0v) is 8.46. The Morgan fingerprint density at radius 1 is 1.69 bits per heavy atom. The molecule has 1 atom stereocenters. The van der Waals surface area contributed by atoms with Crippen LogP contribution in [0, 0.1) is 0 Å². The summed E-state index contributed by atoms with van der Waals surface area (Å²) in [5, 5.41) is 3.33. The number of nitrogens with one attached hydrogen (secondary N) is 1. The molecule has 0 aliphatic carbocycles. The molecule has 0 aromatic carbocycles. The normalized spacial score (nSPS) is 23.4. The van der Waals surface area contributed by atoms with Gasteiger partial charge in [0.05, 0.1) is 12.7 Å². The number of ether oxygens (including phenoxy) is 1. The molecule has 0 bridgehead atoms. The molecule has 0 aromatic heterocycles. The summed E-state index contributed by atoms with van der Waals surface area (Å²) in [6.45, 7) is 8.61. The third-order valence-electron chi connectivity index (χ3n) is 2.28. The maximum Gasteiger partial charge on any atom is 0.0712 e. The van der Waals surface area contributed by atoms with Gasteiger partial charge in [0, 0.05) is 26.2 Å². The van der Waals surface area contributed by atoms with Gasteiger partial charge >= 0.3 is 0 Å². The first kappa shape index (κ1) is 10.7. The lowest BCUT2D eigenvalue weighted by Crippen LogP contribution is -2.40. The Kier molecular flexibility index (Phi) is 5.05. The van der Waals surface area contributed by atoms with Gasteiger partial charge in [-0.05, 0) is 13.5 Å². The molecule has 0 amide bonds. The zero-order valence-electron chi connectivity index (χ0n) is 8.46. The molecule has 1 unspecified atom stereocenters. The molecule has 1 rings (SSSR count). The third-order valence-corrected chi connectivity index (χ3v) is 2.28. The summed E-state index contributed by atoms with van der Waals surface area (Å²) in [7, 11) is 2.11. The Morgan fingerprint density at radius 3 is 3.15 bits per heavy atom. The molecule has 76 valence electrons. The molecule has 1 saturated heterocycles. The van der Waals surface area contributed by atoms with Crippen molar-refractivity contribution in [2.24, 2.45) is 0 Å². The van der Waals surface area contributed by atoms with Crippen LogP contribution in [0.2, 0.25) is 0 Å². The minimum Gasteiger partial charge on any atom is -0.376 e. The predicted octanol–water partition coefficient (Wildman–Crippen LogP) is 0.483. The first-order valence-corrected chi connectivity index (χ1v) is 4.94. The van der Waals surface area contributed by atoms with Crippen LogP contribution in [0.5, 0.6) is 0 Å². The first-order chi connectivity index (χ1) is 6.33. The van der Waals surface area contributed by atoms with Gasteiger partial charge in [-0.25, -0.2) is 0 Å². The van der Waals surface area contributed by atoms with E-state index in [1.54, 1.807) is 0 Å². The van der Waals surface area contributed by atoms with Gasteiger partial charge in [-0.15, -0.1) is 6.58 Å². The highest BCUT2D eigenvalue weighted by molar-refractivity contribution is 4.73. The van der Waals surface area contributed by atoms with Gasteiger partial charge in [-0.1, -0.05) is 6.08 Å². The molecule has 1 N–H and O–H groups in total. The van der Waals surface area contributed by atoms with E-state index in [0.29, 0.717) is 6.10 Å². The highest BCUT2D eigenvalue weighted by atomic mass is 16.5. The summed E-state index contributed by atoms with van der Waals surface area (Å²) in [6, 6.07) is 0. The van der Waals surface area contributed by atoms with Gasteiger partial charge in [0.2, 0.25) is 0 Å². The van der Waals surface area contributed by atoms with E-state index in [9.17, 15) is 0 Å². The van der Waals surface area contributed by atoms with Crippen molar-refractivity contribution < 1.29 is 4.74 Å². The molecule has 1 aliphatic heterocycles. The van der Waals surface area contributed by atoms with Gasteiger partial charge in [-0.3, -0.25) is 0 Å². The number of hydrogen-bond acceptors (Lipinski definition) is 3. The lowest BCUT2D eigenvalue weighted by atomic mass is 10.2. The quantitative estimate of drug-likeness (QED) is 0.629. The second-order valence-electron chi connectivity index (χ2n) is 3.54. The van der Waals surface area contributed by atoms with Crippen LogP contribution in [-0.4, -0.2) is 50.8 Å². The monoisotopic (exact) mass is 184 g/mol. The van der Waals surface area contributed by atoms with Gasteiger partial charge in [0.25, 0.3) is 0 Å². The largest absolute Gasteiger partial charge is 0.376 e. The summed E-state index contributed by atoms with van der Waals surface area (Å²) in [5.41, 5.74) is 0. The number of likely N-dealkylation sites (N-methyl/N-ethyl adjacent to an activating group) is 1. The van der Waals surface area contributed by atoms with Gasteiger partial charge in [0.1, 0.15) is 0 Å². The van der Waals surface area contributed by atoms with E-state index in [1.165, 1.54) is 0 Å².